The van der Waals surface area contributed by atoms with Gasteiger partial charge in [-0.2, -0.15) is 4.31 Å². The zero-order valence-corrected chi connectivity index (χ0v) is 19.2. The number of nitrogens with zero attached hydrogens (tertiary/aromatic N) is 3. The molecule has 3 rings (SSSR count). The molecule has 2 aromatic heterocycles. The smallest absolute Gasteiger partial charge is 0.243 e. The number of hydrogen-bond donors (Lipinski definition) is 1. The van der Waals surface area contributed by atoms with Crippen molar-refractivity contribution in [3.63, 3.8) is 0 Å². The number of ether oxygens (including phenoxy) is 1. The number of sulfonamides is 1. The zero-order chi connectivity index (χ0) is 22.4. The van der Waals surface area contributed by atoms with Crippen molar-refractivity contribution in [3.05, 3.63) is 66.3 Å². The summed E-state index contributed by atoms with van der Waals surface area (Å²) in [5, 5.41) is 0. The van der Waals surface area contributed by atoms with Crippen molar-refractivity contribution in [1.29, 1.82) is 0 Å². The van der Waals surface area contributed by atoms with Crippen LogP contribution in [0, 0.1) is 6.92 Å². The molecule has 8 heteroatoms. The molecular weight excluding hydrogens is 412 g/mol. The quantitative estimate of drug-likeness (QED) is 0.456. The Morgan fingerprint density at radius 2 is 1.97 bits per heavy atom. The van der Waals surface area contributed by atoms with E-state index in [1.807, 2.05) is 39.0 Å². The molecule has 0 aliphatic heterocycles. The molecule has 0 saturated heterocycles. The average Bonchev–Trinajstić information content (AvgIpc) is 3.14. The van der Waals surface area contributed by atoms with Gasteiger partial charge in [-0.1, -0.05) is 25.1 Å². The van der Waals surface area contributed by atoms with Crippen molar-refractivity contribution in [2.75, 3.05) is 19.8 Å². The second kappa shape index (κ2) is 10.2. The van der Waals surface area contributed by atoms with E-state index in [1.54, 1.807) is 24.4 Å². The van der Waals surface area contributed by atoms with Crippen LogP contribution in [0.4, 0.5) is 0 Å². The van der Waals surface area contributed by atoms with E-state index in [4.69, 9.17) is 4.74 Å². The van der Waals surface area contributed by atoms with Crippen LogP contribution >= 0.6 is 0 Å². The summed E-state index contributed by atoms with van der Waals surface area (Å²) in [5.74, 6) is 0.839. The predicted octanol–water partition coefficient (Wildman–Crippen LogP) is 3.85. The molecule has 2 heterocycles. The molecule has 0 aliphatic carbocycles. The van der Waals surface area contributed by atoms with Gasteiger partial charge < -0.3 is 9.72 Å². The first-order valence-electron chi connectivity index (χ1n) is 10.5. The van der Waals surface area contributed by atoms with Crippen molar-refractivity contribution in [3.8, 4) is 0 Å². The number of benzene rings is 1. The summed E-state index contributed by atoms with van der Waals surface area (Å²) < 4.78 is 33.6. The first kappa shape index (κ1) is 23.1. The molecule has 1 atom stereocenters. The first-order chi connectivity index (χ1) is 14.9. The number of H-pyrrole nitrogens is 1. The van der Waals surface area contributed by atoms with Crippen LogP contribution in [0.2, 0.25) is 0 Å². The minimum absolute atomic E-state index is 0.269. The highest BCUT2D eigenvalue weighted by Gasteiger charge is 2.29. The highest BCUT2D eigenvalue weighted by atomic mass is 32.2. The third-order valence-electron chi connectivity index (χ3n) is 5.17. The van der Waals surface area contributed by atoms with Crippen LogP contribution in [-0.2, 0) is 21.2 Å². The van der Waals surface area contributed by atoms with Gasteiger partial charge in [0, 0.05) is 25.8 Å². The van der Waals surface area contributed by atoms with Gasteiger partial charge >= 0.3 is 0 Å². The van der Waals surface area contributed by atoms with E-state index in [9.17, 15) is 8.42 Å². The highest BCUT2D eigenvalue weighted by molar-refractivity contribution is 7.89. The molecular formula is C23H30N4O3S. The number of likely N-dealkylation sites (N-methyl/N-ethyl adjacent to an activating group) is 1. The fourth-order valence-electron chi connectivity index (χ4n) is 3.69. The Morgan fingerprint density at radius 1 is 1.23 bits per heavy atom. The number of fused-ring (bicyclic) bond motifs is 1. The molecule has 0 radical (unpaired) electrons. The Bertz CT molecular complexity index is 1120. The Balaban J connectivity index is 1.83. The van der Waals surface area contributed by atoms with Crippen LogP contribution in [0.3, 0.4) is 0 Å². The van der Waals surface area contributed by atoms with E-state index in [2.05, 4.69) is 21.5 Å². The molecule has 166 valence electrons. The SMILES string of the molecule is C=CCC(COCC)N(CC)S(=O)(=O)c1ccc(Cc2nccc3[nH]c(C)nc23)cc1. The molecule has 0 saturated carbocycles. The van der Waals surface area contributed by atoms with Crippen molar-refractivity contribution in [2.45, 2.75) is 44.6 Å². The summed E-state index contributed by atoms with van der Waals surface area (Å²) in [6, 6.07) is 8.62. The minimum Gasteiger partial charge on any atom is -0.380 e. The van der Waals surface area contributed by atoms with E-state index in [0.29, 0.717) is 32.6 Å². The highest BCUT2D eigenvalue weighted by Crippen LogP contribution is 2.23. The molecule has 0 amide bonds. The van der Waals surface area contributed by atoms with Gasteiger partial charge in [0.1, 0.15) is 11.3 Å². The maximum atomic E-state index is 13.3. The van der Waals surface area contributed by atoms with Gasteiger partial charge in [-0.25, -0.2) is 13.4 Å². The van der Waals surface area contributed by atoms with Crippen molar-refractivity contribution in [1.82, 2.24) is 19.3 Å². The number of hydrogen-bond acceptors (Lipinski definition) is 5. The van der Waals surface area contributed by atoms with E-state index in [0.717, 1.165) is 28.1 Å². The number of aromatic nitrogens is 3. The summed E-state index contributed by atoms with van der Waals surface area (Å²) >= 11 is 0. The van der Waals surface area contributed by atoms with Crippen LogP contribution in [0.5, 0.6) is 0 Å². The predicted molar refractivity (Wildman–Crippen MR) is 123 cm³/mol. The van der Waals surface area contributed by atoms with Crippen LogP contribution in [-0.4, -0.2) is 53.5 Å². The third-order valence-corrected chi connectivity index (χ3v) is 7.21. The van der Waals surface area contributed by atoms with Crippen LogP contribution < -0.4 is 0 Å². The molecule has 7 nitrogen and oxygen atoms in total. The Labute approximate surface area is 184 Å². The summed E-state index contributed by atoms with van der Waals surface area (Å²) in [5.41, 5.74) is 3.62. The fraction of sp³-hybridized carbons (Fsp3) is 0.391. The molecule has 31 heavy (non-hydrogen) atoms. The summed E-state index contributed by atoms with van der Waals surface area (Å²) in [7, 11) is -3.65. The fourth-order valence-corrected chi connectivity index (χ4v) is 5.32. The number of aromatic amines is 1. The van der Waals surface area contributed by atoms with Crippen molar-refractivity contribution >= 4 is 21.1 Å². The molecule has 3 aromatic rings. The van der Waals surface area contributed by atoms with Crippen molar-refractivity contribution < 1.29 is 13.2 Å². The lowest BCUT2D eigenvalue weighted by Gasteiger charge is -2.29. The topological polar surface area (TPSA) is 88.2 Å². The number of imidazole rings is 1. The number of rotatable bonds is 11. The van der Waals surface area contributed by atoms with Gasteiger partial charge in [-0.3, -0.25) is 4.98 Å². The van der Waals surface area contributed by atoms with Gasteiger partial charge in [0.15, 0.2) is 0 Å². The molecule has 1 unspecified atom stereocenters. The summed E-state index contributed by atoms with van der Waals surface area (Å²) in [4.78, 5) is 12.5. The average molecular weight is 443 g/mol. The van der Waals surface area contributed by atoms with Gasteiger partial charge in [0.05, 0.1) is 28.8 Å². The molecule has 0 bridgehead atoms. The summed E-state index contributed by atoms with van der Waals surface area (Å²) in [6.45, 7) is 10.7. The minimum atomic E-state index is -3.65. The second-order valence-corrected chi connectivity index (χ2v) is 9.23. The lowest BCUT2D eigenvalue weighted by atomic mass is 10.1. The van der Waals surface area contributed by atoms with Gasteiger partial charge in [-0.15, -0.1) is 6.58 Å². The molecule has 0 aliphatic rings. The zero-order valence-electron chi connectivity index (χ0n) is 18.3. The van der Waals surface area contributed by atoms with Crippen LogP contribution in [0.25, 0.3) is 11.0 Å². The molecule has 0 spiro atoms. The standard InChI is InChI=1S/C23H30N4O3S/c1-5-8-19(16-30-7-3)27(6-2)31(28,29)20-11-9-18(10-12-20)15-22-23-21(13-14-24-22)25-17(4)26-23/h5,9-14,19H,1,6-8,15-16H2,2-4H3,(H,25,26). The Hall–Kier alpha value is -2.55. The second-order valence-electron chi connectivity index (χ2n) is 7.34. The van der Waals surface area contributed by atoms with Crippen molar-refractivity contribution in [2.24, 2.45) is 0 Å². The normalized spacial score (nSPS) is 13.0. The number of pyridine rings is 1. The van der Waals surface area contributed by atoms with Gasteiger partial charge in [0.25, 0.3) is 0 Å². The van der Waals surface area contributed by atoms with Gasteiger partial charge in [-0.05, 0) is 44.0 Å². The van der Waals surface area contributed by atoms with E-state index >= 15 is 0 Å². The molecule has 1 N–H and O–H groups in total. The maximum absolute atomic E-state index is 13.3. The van der Waals surface area contributed by atoms with E-state index < -0.39 is 10.0 Å². The third kappa shape index (κ3) is 5.20. The lowest BCUT2D eigenvalue weighted by molar-refractivity contribution is 0.0997. The number of nitrogens with one attached hydrogen (secondary N) is 1. The lowest BCUT2D eigenvalue weighted by Crippen LogP contribution is -2.42. The summed E-state index contributed by atoms with van der Waals surface area (Å²) in [6.07, 6.45) is 4.59. The van der Waals surface area contributed by atoms with Crippen LogP contribution in [0.15, 0.2) is 54.1 Å². The van der Waals surface area contributed by atoms with Crippen LogP contribution in [0.1, 0.15) is 37.4 Å². The Kier molecular flexibility index (Phi) is 7.59. The maximum Gasteiger partial charge on any atom is 0.243 e. The van der Waals surface area contributed by atoms with E-state index in [1.165, 1.54) is 4.31 Å². The largest absolute Gasteiger partial charge is 0.380 e. The monoisotopic (exact) mass is 442 g/mol. The van der Waals surface area contributed by atoms with E-state index in [-0.39, 0.29) is 10.9 Å². The number of aryl methyl sites for hydroxylation is 1. The first-order valence-corrected chi connectivity index (χ1v) is 11.9. The van der Waals surface area contributed by atoms with Gasteiger partial charge in [0.2, 0.25) is 10.0 Å². The Morgan fingerprint density at radius 3 is 2.61 bits per heavy atom. The molecule has 0 fully saturated rings. The molecule has 1 aromatic carbocycles.